The first-order chi connectivity index (χ1) is 12.1. The molecule has 3 heterocycles. The Bertz CT molecular complexity index is 697. The van der Waals surface area contributed by atoms with Crippen molar-refractivity contribution < 1.29 is 9.21 Å². The van der Waals surface area contributed by atoms with Crippen molar-refractivity contribution in [2.45, 2.75) is 46.1 Å². The van der Waals surface area contributed by atoms with Crippen molar-refractivity contribution in [1.82, 2.24) is 14.7 Å². The van der Waals surface area contributed by atoms with Crippen molar-refractivity contribution in [3.63, 3.8) is 0 Å². The number of rotatable bonds is 6. The number of likely N-dealkylation sites (tertiary alicyclic amines) is 1. The van der Waals surface area contributed by atoms with E-state index in [-0.39, 0.29) is 11.8 Å². The van der Waals surface area contributed by atoms with E-state index in [2.05, 4.69) is 29.2 Å². The molecule has 1 N–H and O–H groups in total. The lowest BCUT2D eigenvalue weighted by Crippen LogP contribution is -2.38. The predicted molar refractivity (Wildman–Crippen MR) is 97.3 cm³/mol. The van der Waals surface area contributed by atoms with Crippen molar-refractivity contribution >= 4 is 11.7 Å². The maximum Gasteiger partial charge on any atom is 0.228 e. The van der Waals surface area contributed by atoms with Crippen LogP contribution in [0.15, 0.2) is 22.8 Å². The summed E-state index contributed by atoms with van der Waals surface area (Å²) < 4.78 is 7.22. The van der Waals surface area contributed by atoms with E-state index >= 15 is 0 Å². The number of piperidine rings is 1. The molecule has 1 fully saturated rings. The van der Waals surface area contributed by atoms with Gasteiger partial charge in [0.15, 0.2) is 0 Å². The third-order valence-corrected chi connectivity index (χ3v) is 5.08. The number of carbonyl (C=O) groups is 1. The smallest absolute Gasteiger partial charge is 0.228 e. The maximum absolute atomic E-state index is 12.7. The van der Waals surface area contributed by atoms with Crippen LogP contribution in [0.25, 0.3) is 0 Å². The lowest BCUT2D eigenvalue weighted by molar-refractivity contribution is -0.121. The third kappa shape index (κ3) is 3.95. The zero-order valence-electron chi connectivity index (χ0n) is 15.4. The Morgan fingerprint density at radius 3 is 2.68 bits per heavy atom. The van der Waals surface area contributed by atoms with Gasteiger partial charge in [-0.05, 0) is 50.9 Å². The Morgan fingerprint density at radius 2 is 2.08 bits per heavy atom. The van der Waals surface area contributed by atoms with Crippen molar-refractivity contribution in [2.75, 3.05) is 18.4 Å². The van der Waals surface area contributed by atoms with Crippen LogP contribution in [0, 0.1) is 5.92 Å². The average molecular weight is 344 g/mol. The van der Waals surface area contributed by atoms with Crippen LogP contribution in [0.5, 0.6) is 0 Å². The fourth-order valence-electron chi connectivity index (χ4n) is 3.63. The Hall–Kier alpha value is -2.08. The summed E-state index contributed by atoms with van der Waals surface area (Å²) in [7, 11) is 1.90. The summed E-state index contributed by atoms with van der Waals surface area (Å²) in [5.74, 6) is 2.04. The first-order valence-corrected chi connectivity index (χ1v) is 9.22. The Balaban J connectivity index is 1.57. The molecule has 0 unspecified atom stereocenters. The number of aromatic nitrogens is 2. The van der Waals surface area contributed by atoms with Gasteiger partial charge in [0.25, 0.3) is 0 Å². The summed E-state index contributed by atoms with van der Waals surface area (Å²) in [6.07, 6.45) is 5.24. The molecule has 0 atom stereocenters. The number of amides is 1. The molecule has 3 rings (SSSR count). The second-order valence-corrected chi connectivity index (χ2v) is 6.72. The molecule has 1 aliphatic heterocycles. The summed E-state index contributed by atoms with van der Waals surface area (Å²) in [5.41, 5.74) is 2.24. The Labute approximate surface area is 149 Å². The highest BCUT2D eigenvalue weighted by Gasteiger charge is 2.27. The third-order valence-electron chi connectivity index (χ3n) is 5.08. The summed E-state index contributed by atoms with van der Waals surface area (Å²) in [5, 5.41) is 7.67. The van der Waals surface area contributed by atoms with Gasteiger partial charge in [-0.25, -0.2) is 0 Å². The van der Waals surface area contributed by atoms with Crippen molar-refractivity contribution in [3.8, 4) is 0 Å². The first-order valence-electron chi connectivity index (χ1n) is 9.22. The van der Waals surface area contributed by atoms with E-state index in [1.165, 1.54) is 0 Å². The molecule has 0 radical (unpaired) electrons. The highest BCUT2D eigenvalue weighted by molar-refractivity contribution is 5.92. The van der Waals surface area contributed by atoms with Gasteiger partial charge in [-0.2, -0.15) is 5.10 Å². The molecule has 2 aromatic rings. The van der Waals surface area contributed by atoms with E-state index in [1.807, 2.05) is 23.9 Å². The van der Waals surface area contributed by atoms with E-state index < -0.39 is 0 Å². The molecule has 0 bridgehead atoms. The SMILES string of the molecule is CCc1nn(C)c(NC(=O)C2CCN(Cc3ccco3)CC2)c1CC. The molecule has 6 heteroatoms. The van der Waals surface area contributed by atoms with Crippen LogP contribution in [-0.4, -0.2) is 33.7 Å². The molecule has 25 heavy (non-hydrogen) atoms. The molecule has 0 aliphatic carbocycles. The minimum atomic E-state index is 0.0672. The van der Waals surface area contributed by atoms with E-state index in [0.29, 0.717) is 0 Å². The first kappa shape index (κ1) is 17.7. The lowest BCUT2D eigenvalue weighted by Gasteiger charge is -2.30. The van der Waals surface area contributed by atoms with Gasteiger partial charge >= 0.3 is 0 Å². The van der Waals surface area contributed by atoms with Gasteiger partial charge in [0.2, 0.25) is 5.91 Å². The highest BCUT2D eigenvalue weighted by Crippen LogP contribution is 2.24. The monoisotopic (exact) mass is 344 g/mol. The van der Waals surface area contributed by atoms with Crippen LogP contribution in [0.4, 0.5) is 5.82 Å². The van der Waals surface area contributed by atoms with Crippen LogP contribution in [0.1, 0.15) is 43.7 Å². The van der Waals surface area contributed by atoms with Gasteiger partial charge in [-0.3, -0.25) is 14.4 Å². The zero-order valence-corrected chi connectivity index (χ0v) is 15.4. The number of carbonyl (C=O) groups excluding carboxylic acids is 1. The van der Waals surface area contributed by atoms with E-state index in [4.69, 9.17) is 4.42 Å². The van der Waals surface area contributed by atoms with E-state index in [0.717, 1.165) is 68.2 Å². The van der Waals surface area contributed by atoms with Crippen molar-refractivity contribution in [2.24, 2.45) is 13.0 Å². The zero-order chi connectivity index (χ0) is 17.8. The number of nitrogens with one attached hydrogen (secondary N) is 1. The van der Waals surface area contributed by atoms with Gasteiger partial charge < -0.3 is 9.73 Å². The largest absolute Gasteiger partial charge is 0.468 e. The molecular weight excluding hydrogens is 316 g/mol. The molecule has 0 saturated carbocycles. The summed E-state index contributed by atoms with van der Waals surface area (Å²) in [4.78, 5) is 15.1. The Morgan fingerprint density at radius 1 is 1.32 bits per heavy atom. The molecule has 0 aromatic carbocycles. The second kappa shape index (κ2) is 7.87. The topological polar surface area (TPSA) is 63.3 Å². The maximum atomic E-state index is 12.7. The van der Waals surface area contributed by atoms with E-state index in [9.17, 15) is 4.79 Å². The number of hydrogen-bond acceptors (Lipinski definition) is 4. The van der Waals surface area contributed by atoms with Crippen LogP contribution in [0.2, 0.25) is 0 Å². The van der Waals surface area contributed by atoms with Crippen LogP contribution in [0.3, 0.4) is 0 Å². The lowest BCUT2D eigenvalue weighted by atomic mass is 9.95. The molecule has 0 spiro atoms. The summed E-state index contributed by atoms with van der Waals surface area (Å²) in [6, 6.07) is 3.91. The fraction of sp³-hybridized carbons (Fsp3) is 0.579. The number of aryl methyl sites for hydroxylation is 2. The van der Waals surface area contributed by atoms with Gasteiger partial charge in [0, 0.05) is 18.5 Å². The summed E-state index contributed by atoms with van der Waals surface area (Å²) in [6.45, 7) is 6.87. The number of furan rings is 1. The molecule has 1 aliphatic rings. The average Bonchev–Trinajstić information content (AvgIpc) is 3.23. The fourth-order valence-corrected chi connectivity index (χ4v) is 3.63. The second-order valence-electron chi connectivity index (χ2n) is 6.72. The summed E-state index contributed by atoms with van der Waals surface area (Å²) >= 11 is 0. The van der Waals surface area contributed by atoms with Gasteiger partial charge in [0.05, 0.1) is 18.5 Å². The van der Waals surface area contributed by atoms with Crippen LogP contribution < -0.4 is 5.32 Å². The highest BCUT2D eigenvalue weighted by atomic mass is 16.3. The molecule has 1 saturated heterocycles. The Kier molecular flexibility index (Phi) is 5.58. The molecule has 136 valence electrons. The van der Waals surface area contributed by atoms with Gasteiger partial charge in [-0.15, -0.1) is 0 Å². The predicted octanol–water partition coefficient (Wildman–Crippen LogP) is 2.99. The molecule has 6 nitrogen and oxygen atoms in total. The standard InChI is InChI=1S/C19H28N4O2/c1-4-16-17(5-2)21-22(3)18(16)20-19(24)14-8-10-23(11-9-14)13-15-7-6-12-25-15/h6-7,12,14H,4-5,8-11,13H2,1-3H3,(H,20,24). The number of anilines is 1. The van der Waals surface area contributed by atoms with Crippen LogP contribution >= 0.6 is 0 Å². The van der Waals surface area contributed by atoms with Crippen molar-refractivity contribution in [3.05, 3.63) is 35.4 Å². The minimum absolute atomic E-state index is 0.0672. The van der Waals surface area contributed by atoms with Crippen molar-refractivity contribution in [1.29, 1.82) is 0 Å². The molecular formula is C19H28N4O2. The minimum Gasteiger partial charge on any atom is -0.468 e. The van der Waals surface area contributed by atoms with Gasteiger partial charge in [-0.1, -0.05) is 13.8 Å². The number of nitrogens with zero attached hydrogens (tertiary/aromatic N) is 3. The van der Waals surface area contributed by atoms with E-state index in [1.54, 1.807) is 6.26 Å². The normalized spacial score (nSPS) is 16.3. The number of hydrogen-bond donors (Lipinski definition) is 1. The molecule has 1 amide bonds. The molecule has 2 aromatic heterocycles. The quantitative estimate of drug-likeness (QED) is 0.875. The van der Waals surface area contributed by atoms with Crippen LogP contribution in [-0.2, 0) is 31.2 Å². The van der Waals surface area contributed by atoms with Gasteiger partial charge in [0.1, 0.15) is 11.6 Å².